The van der Waals surface area contributed by atoms with E-state index < -0.39 is 5.97 Å². The van der Waals surface area contributed by atoms with E-state index in [0.29, 0.717) is 18.7 Å². The number of carbonyl (C=O) groups is 2. The van der Waals surface area contributed by atoms with Crippen molar-refractivity contribution in [3.63, 3.8) is 0 Å². The van der Waals surface area contributed by atoms with Crippen molar-refractivity contribution < 1.29 is 14.3 Å². The lowest BCUT2D eigenvalue weighted by molar-refractivity contribution is -0.143. The van der Waals surface area contributed by atoms with E-state index in [4.69, 9.17) is 4.74 Å². The predicted molar refractivity (Wildman–Crippen MR) is 81.6 cm³/mol. The van der Waals surface area contributed by atoms with Gasteiger partial charge in [0.1, 0.15) is 6.54 Å². The van der Waals surface area contributed by atoms with Crippen LogP contribution in [0.5, 0.6) is 0 Å². The van der Waals surface area contributed by atoms with Gasteiger partial charge < -0.3 is 9.64 Å². The van der Waals surface area contributed by atoms with Gasteiger partial charge in [-0.2, -0.15) is 0 Å². The molecule has 1 aromatic rings. The van der Waals surface area contributed by atoms with Crippen molar-refractivity contribution in [3.05, 3.63) is 46.5 Å². The molecule has 0 N–H and O–H groups in total. The molecule has 0 fully saturated rings. The van der Waals surface area contributed by atoms with Crippen LogP contribution >= 0.6 is 15.9 Å². The molecule has 5 heteroatoms. The summed E-state index contributed by atoms with van der Waals surface area (Å²) in [6.07, 6.45) is 1.59. The third kappa shape index (κ3) is 4.49. The summed E-state index contributed by atoms with van der Waals surface area (Å²) in [7, 11) is 0. The Balaban J connectivity index is 2.93. The summed E-state index contributed by atoms with van der Waals surface area (Å²) in [4.78, 5) is 25.4. The minimum Gasteiger partial charge on any atom is -0.465 e. The molecule has 0 heterocycles. The minimum atomic E-state index is -0.419. The molecular formula is C15H18BrNO3. The normalized spacial score (nSPS) is 9.95. The first-order chi connectivity index (χ1) is 9.49. The van der Waals surface area contributed by atoms with Gasteiger partial charge in [-0.1, -0.05) is 22.0 Å². The molecule has 108 valence electrons. The first-order valence-corrected chi connectivity index (χ1v) is 7.10. The maximum atomic E-state index is 12.5. The van der Waals surface area contributed by atoms with Gasteiger partial charge in [0.05, 0.1) is 6.61 Å². The van der Waals surface area contributed by atoms with Crippen LogP contribution in [-0.4, -0.2) is 36.5 Å². The first-order valence-electron chi connectivity index (χ1n) is 6.31. The maximum Gasteiger partial charge on any atom is 0.325 e. The van der Waals surface area contributed by atoms with Crippen LogP contribution in [-0.2, 0) is 9.53 Å². The molecule has 0 saturated heterocycles. The molecule has 0 atom stereocenters. The van der Waals surface area contributed by atoms with Gasteiger partial charge in [-0.15, -0.1) is 6.58 Å². The van der Waals surface area contributed by atoms with Crippen LogP contribution in [0.1, 0.15) is 22.8 Å². The fraction of sp³-hybridized carbons (Fsp3) is 0.333. The number of ether oxygens (including phenoxy) is 1. The van der Waals surface area contributed by atoms with Crippen molar-refractivity contribution in [2.24, 2.45) is 0 Å². The second-order valence-electron chi connectivity index (χ2n) is 4.24. The van der Waals surface area contributed by atoms with Crippen LogP contribution in [0, 0.1) is 6.92 Å². The average molecular weight is 340 g/mol. The van der Waals surface area contributed by atoms with Gasteiger partial charge in [0, 0.05) is 16.6 Å². The highest BCUT2D eigenvalue weighted by molar-refractivity contribution is 9.10. The van der Waals surface area contributed by atoms with E-state index in [-0.39, 0.29) is 12.5 Å². The van der Waals surface area contributed by atoms with Gasteiger partial charge in [-0.3, -0.25) is 9.59 Å². The summed E-state index contributed by atoms with van der Waals surface area (Å²) < 4.78 is 5.79. The molecule has 0 aliphatic carbocycles. The van der Waals surface area contributed by atoms with E-state index in [1.165, 1.54) is 4.90 Å². The molecule has 0 aliphatic rings. The molecule has 0 unspecified atom stereocenters. The Morgan fingerprint density at radius 1 is 1.45 bits per heavy atom. The second kappa shape index (κ2) is 7.85. The molecule has 0 aliphatic heterocycles. The third-order valence-corrected chi connectivity index (χ3v) is 3.17. The number of halogens is 1. The van der Waals surface area contributed by atoms with Gasteiger partial charge in [-0.05, 0) is 37.6 Å². The predicted octanol–water partition coefficient (Wildman–Crippen LogP) is 2.95. The quantitative estimate of drug-likeness (QED) is 0.591. The summed E-state index contributed by atoms with van der Waals surface area (Å²) in [6, 6.07) is 5.41. The van der Waals surface area contributed by atoms with Gasteiger partial charge >= 0.3 is 5.97 Å². The molecule has 0 radical (unpaired) electrons. The highest BCUT2D eigenvalue weighted by atomic mass is 79.9. The number of hydrogen-bond acceptors (Lipinski definition) is 3. The highest BCUT2D eigenvalue weighted by Crippen LogP contribution is 2.17. The highest BCUT2D eigenvalue weighted by Gasteiger charge is 2.19. The molecule has 20 heavy (non-hydrogen) atoms. The second-order valence-corrected chi connectivity index (χ2v) is 5.15. The third-order valence-electron chi connectivity index (χ3n) is 2.68. The van der Waals surface area contributed by atoms with Gasteiger partial charge in [-0.25, -0.2) is 0 Å². The standard InChI is InChI=1S/C15H18BrNO3/c1-4-8-17(10-14(18)20-5-2)15(19)13-7-6-12(16)9-11(13)3/h4,6-7,9H,1,5,8,10H2,2-3H3. The lowest BCUT2D eigenvalue weighted by Crippen LogP contribution is -2.37. The fourth-order valence-corrected chi connectivity index (χ4v) is 2.25. The number of esters is 1. The van der Waals surface area contributed by atoms with Gasteiger partial charge in [0.25, 0.3) is 5.91 Å². The molecule has 0 saturated carbocycles. The zero-order valence-electron chi connectivity index (χ0n) is 11.7. The molecular weight excluding hydrogens is 322 g/mol. The van der Waals surface area contributed by atoms with E-state index in [9.17, 15) is 9.59 Å². The van der Waals surface area contributed by atoms with E-state index >= 15 is 0 Å². The molecule has 1 amide bonds. The lowest BCUT2D eigenvalue weighted by atomic mass is 10.1. The summed E-state index contributed by atoms with van der Waals surface area (Å²) in [5.74, 6) is -0.625. The SMILES string of the molecule is C=CCN(CC(=O)OCC)C(=O)c1ccc(Br)cc1C. The van der Waals surface area contributed by atoms with Crippen molar-refractivity contribution in [2.45, 2.75) is 13.8 Å². The number of amides is 1. The van der Waals surface area contributed by atoms with Crippen LogP contribution in [0.15, 0.2) is 35.3 Å². The van der Waals surface area contributed by atoms with Gasteiger partial charge in [0.15, 0.2) is 0 Å². The Morgan fingerprint density at radius 2 is 2.15 bits per heavy atom. The maximum absolute atomic E-state index is 12.5. The Hall–Kier alpha value is -1.62. The lowest BCUT2D eigenvalue weighted by Gasteiger charge is -2.21. The summed E-state index contributed by atoms with van der Waals surface area (Å²) in [6.45, 7) is 7.72. The molecule has 0 spiro atoms. The van der Waals surface area contributed by atoms with Crippen LogP contribution in [0.4, 0.5) is 0 Å². The summed E-state index contributed by atoms with van der Waals surface area (Å²) in [5, 5.41) is 0. The molecule has 1 rings (SSSR count). The molecule has 1 aromatic carbocycles. The van der Waals surface area contributed by atoms with Crippen molar-refractivity contribution in [1.29, 1.82) is 0 Å². The number of nitrogens with zero attached hydrogens (tertiary/aromatic N) is 1. The van der Waals surface area contributed by atoms with Gasteiger partial charge in [0.2, 0.25) is 0 Å². The zero-order valence-corrected chi connectivity index (χ0v) is 13.3. The summed E-state index contributed by atoms with van der Waals surface area (Å²) >= 11 is 3.36. The van der Waals surface area contributed by atoms with E-state index in [0.717, 1.165) is 10.0 Å². The number of rotatable bonds is 6. The Kier molecular flexibility index (Phi) is 6.45. The minimum absolute atomic E-state index is 0.0752. The topological polar surface area (TPSA) is 46.6 Å². The van der Waals surface area contributed by atoms with Crippen molar-refractivity contribution in [1.82, 2.24) is 4.90 Å². The van der Waals surface area contributed by atoms with E-state index in [1.54, 1.807) is 25.1 Å². The molecule has 4 nitrogen and oxygen atoms in total. The first kappa shape index (κ1) is 16.4. The smallest absolute Gasteiger partial charge is 0.325 e. The van der Waals surface area contributed by atoms with E-state index in [2.05, 4.69) is 22.5 Å². The number of aryl methyl sites for hydroxylation is 1. The summed E-state index contributed by atoms with van der Waals surface area (Å²) in [5.41, 5.74) is 1.42. The van der Waals surface area contributed by atoms with Crippen LogP contribution in [0.3, 0.4) is 0 Å². The zero-order chi connectivity index (χ0) is 15.1. The van der Waals surface area contributed by atoms with Crippen molar-refractivity contribution in [2.75, 3.05) is 19.7 Å². The largest absolute Gasteiger partial charge is 0.465 e. The number of hydrogen-bond donors (Lipinski definition) is 0. The fourth-order valence-electron chi connectivity index (χ4n) is 1.77. The van der Waals surface area contributed by atoms with Crippen molar-refractivity contribution in [3.8, 4) is 0 Å². The van der Waals surface area contributed by atoms with E-state index in [1.807, 2.05) is 13.0 Å². The Labute approximate surface area is 127 Å². The monoisotopic (exact) mass is 339 g/mol. The number of carbonyl (C=O) groups excluding carboxylic acids is 2. The molecule has 0 aromatic heterocycles. The van der Waals surface area contributed by atoms with Crippen LogP contribution in [0.25, 0.3) is 0 Å². The van der Waals surface area contributed by atoms with Crippen LogP contribution in [0.2, 0.25) is 0 Å². The average Bonchev–Trinajstić information content (AvgIpc) is 2.38. The number of benzene rings is 1. The molecule has 0 bridgehead atoms. The Morgan fingerprint density at radius 3 is 2.70 bits per heavy atom. The Bertz CT molecular complexity index is 514. The van der Waals surface area contributed by atoms with Crippen molar-refractivity contribution >= 4 is 27.8 Å². The van der Waals surface area contributed by atoms with Crippen LogP contribution < -0.4 is 0 Å².